The minimum atomic E-state index is -0.246. The van der Waals surface area contributed by atoms with Crippen molar-refractivity contribution < 1.29 is 5.11 Å². The van der Waals surface area contributed by atoms with E-state index in [1.165, 1.54) is 51.4 Å². The summed E-state index contributed by atoms with van der Waals surface area (Å²) >= 11 is 0. The monoisotopic (exact) mass is 299 g/mol. The first-order valence-electron chi connectivity index (χ1n) is 9.40. The number of nitrogens with zero attached hydrogens (tertiary/aromatic N) is 1. The molecule has 7 unspecified atom stereocenters. The van der Waals surface area contributed by atoms with Crippen molar-refractivity contribution in [2.45, 2.75) is 64.4 Å². The Labute approximate surface area is 134 Å². The molecule has 7 atom stereocenters. The van der Waals surface area contributed by atoms with E-state index >= 15 is 0 Å². The molecular formula is C20H29NO. The first kappa shape index (κ1) is 13.8. The van der Waals surface area contributed by atoms with Crippen LogP contribution in [-0.4, -0.2) is 24.0 Å². The van der Waals surface area contributed by atoms with Gasteiger partial charge in [-0.05, 0) is 73.7 Å². The summed E-state index contributed by atoms with van der Waals surface area (Å²) in [6.45, 7) is 7.81. The van der Waals surface area contributed by atoms with Crippen LogP contribution in [0.4, 0.5) is 0 Å². The second-order valence-electron chi connectivity index (χ2n) is 9.42. The Balaban J connectivity index is 1.65. The van der Waals surface area contributed by atoms with E-state index in [1.54, 1.807) is 0 Å². The first-order valence-corrected chi connectivity index (χ1v) is 9.40. The van der Waals surface area contributed by atoms with E-state index in [0.29, 0.717) is 22.7 Å². The van der Waals surface area contributed by atoms with Crippen LogP contribution >= 0.6 is 0 Å². The Morgan fingerprint density at radius 2 is 2.05 bits per heavy atom. The maximum atomic E-state index is 11.1. The molecule has 0 aromatic rings. The average Bonchev–Trinajstić information content (AvgIpc) is 2.67. The first-order chi connectivity index (χ1) is 10.5. The molecule has 1 heterocycles. The molecule has 5 rings (SSSR count). The maximum Gasteiger partial charge on any atom is 0.0809 e. The summed E-state index contributed by atoms with van der Waals surface area (Å²) in [7, 11) is 0. The van der Waals surface area contributed by atoms with Gasteiger partial charge in [0.2, 0.25) is 0 Å². The second-order valence-corrected chi connectivity index (χ2v) is 9.42. The molecule has 0 saturated heterocycles. The van der Waals surface area contributed by atoms with Crippen LogP contribution in [0.2, 0.25) is 0 Å². The van der Waals surface area contributed by atoms with Crippen LogP contribution < -0.4 is 0 Å². The van der Waals surface area contributed by atoms with Gasteiger partial charge in [0.15, 0.2) is 0 Å². The summed E-state index contributed by atoms with van der Waals surface area (Å²) in [5.41, 5.74) is 2.01. The molecule has 5 aliphatic rings. The van der Waals surface area contributed by atoms with Crippen molar-refractivity contribution in [2.75, 3.05) is 6.54 Å². The van der Waals surface area contributed by atoms with Crippen molar-refractivity contribution in [1.82, 2.24) is 0 Å². The molecule has 4 bridgehead atoms. The number of rotatable bonds is 0. The van der Waals surface area contributed by atoms with Gasteiger partial charge in [-0.3, -0.25) is 4.99 Å². The largest absolute Gasteiger partial charge is 0.388 e. The standard InChI is InChI=1S/C20H29NO/c1-13-14-4-5-16-19(10-14,17(13)22)9-6-15-18(2)7-3-8-20(15,16)12-21-11-18/h12,14-17,22H,1,3-11H2,2H3. The van der Waals surface area contributed by atoms with Crippen molar-refractivity contribution in [2.24, 2.45) is 39.0 Å². The van der Waals surface area contributed by atoms with Gasteiger partial charge >= 0.3 is 0 Å². The SMILES string of the molecule is C=C1C2CCC3C45C=NCC(C)(CCC4)C5CCC3(C2)C1O. The van der Waals surface area contributed by atoms with Gasteiger partial charge in [0.05, 0.1) is 6.10 Å². The third-order valence-corrected chi connectivity index (χ3v) is 8.72. The Morgan fingerprint density at radius 1 is 1.18 bits per heavy atom. The normalized spacial score (nSPS) is 59.1. The van der Waals surface area contributed by atoms with E-state index in [1.807, 2.05) is 0 Å². The summed E-state index contributed by atoms with van der Waals surface area (Å²) in [6.07, 6.45) is 12.4. The number of aliphatic imine (C=N–C) groups is 1. The second kappa shape index (κ2) is 4.06. The van der Waals surface area contributed by atoms with Crippen LogP contribution in [0.5, 0.6) is 0 Å². The molecule has 1 spiro atoms. The number of hydrogen-bond donors (Lipinski definition) is 1. The number of aliphatic hydroxyl groups is 1. The van der Waals surface area contributed by atoms with Gasteiger partial charge < -0.3 is 5.11 Å². The van der Waals surface area contributed by atoms with Crippen molar-refractivity contribution in [3.05, 3.63) is 12.2 Å². The van der Waals surface area contributed by atoms with Crippen LogP contribution in [0.1, 0.15) is 58.3 Å². The molecule has 120 valence electrons. The zero-order valence-electron chi connectivity index (χ0n) is 13.9. The van der Waals surface area contributed by atoms with Crippen LogP contribution in [-0.2, 0) is 0 Å². The van der Waals surface area contributed by atoms with Gasteiger partial charge in [-0.15, -0.1) is 0 Å². The van der Waals surface area contributed by atoms with Gasteiger partial charge in [0.25, 0.3) is 0 Å². The summed E-state index contributed by atoms with van der Waals surface area (Å²) in [6, 6.07) is 0. The highest BCUT2D eigenvalue weighted by Crippen LogP contribution is 2.72. The fourth-order valence-corrected chi connectivity index (χ4v) is 7.89. The zero-order valence-corrected chi connectivity index (χ0v) is 13.9. The predicted octanol–water partition coefficient (Wildman–Crippen LogP) is 3.99. The molecular weight excluding hydrogens is 270 g/mol. The number of fused-ring (bicyclic) bond motifs is 1. The van der Waals surface area contributed by atoms with Crippen molar-refractivity contribution in [1.29, 1.82) is 0 Å². The molecule has 0 radical (unpaired) electrons. The molecule has 1 aliphatic heterocycles. The molecule has 4 fully saturated rings. The van der Waals surface area contributed by atoms with E-state index in [0.717, 1.165) is 18.0 Å². The third-order valence-electron chi connectivity index (χ3n) is 8.72. The highest BCUT2D eigenvalue weighted by Gasteiger charge is 2.68. The predicted molar refractivity (Wildman–Crippen MR) is 88.9 cm³/mol. The van der Waals surface area contributed by atoms with Crippen molar-refractivity contribution in [3.63, 3.8) is 0 Å². The molecule has 4 saturated carbocycles. The van der Waals surface area contributed by atoms with Crippen LogP contribution in [0.15, 0.2) is 17.1 Å². The lowest BCUT2D eigenvalue weighted by Crippen LogP contribution is -2.62. The molecule has 2 heteroatoms. The topological polar surface area (TPSA) is 32.6 Å². The Hall–Kier alpha value is -0.630. The fraction of sp³-hybridized carbons (Fsp3) is 0.850. The molecule has 2 nitrogen and oxygen atoms in total. The van der Waals surface area contributed by atoms with E-state index in [-0.39, 0.29) is 11.5 Å². The quantitative estimate of drug-likeness (QED) is 0.674. The third kappa shape index (κ3) is 1.36. The Morgan fingerprint density at radius 3 is 2.91 bits per heavy atom. The molecule has 0 aromatic heterocycles. The van der Waals surface area contributed by atoms with Crippen LogP contribution in [0.3, 0.4) is 0 Å². The molecule has 1 N–H and O–H groups in total. The number of hydrogen-bond acceptors (Lipinski definition) is 2. The van der Waals surface area contributed by atoms with Crippen molar-refractivity contribution >= 4 is 6.21 Å². The lowest BCUT2D eigenvalue weighted by Gasteiger charge is -2.65. The maximum absolute atomic E-state index is 11.1. The number of aliphatic hydroxyl groups excluding tert-OH is 1. The summed E-state index contributed by atoms with van der Waals surface area (Å²) in [5.74, 6) is 2.04. The van der Waals surface area contributed by atoms with E-state index in [9.17, 15) is 5.11 Å². The van der Waals surface area contributed by atoms with E-state index in [2.05, 4.69) is 19.7 Å². The van der Waals surface area contributed by atoms with E-state index < -0.39 is 0 Å². The van der Waals surface area contributed by atoms with Crippen LogP contribution in [0.25, 0.3) is 0 Å². The zero-order chi connectivity index (χ0) is 15.2. The van der Waals surface area contributed by atoms with Gasteiger partial charge in [0, 0.05) is 23.6 Å². The summed E-state index contributed by atoms with van der Waals surface area (Å²) < 4.78 is 0. The van der Waals surface area contributed by atoms with Crippen LogP contribution in [0, 0.1) is 34.0 Å². The lowest BCUT2D eigenvalue weighted by atomic mass is 9.39. The average molecular weight is 299 g/mol. The minimum absolute atomic E-state index is 0.137. The molecule has 0 aromatic carbocycles. The molecule has 0 amide bonds. The Bertz CT molecular complexity index is 568. The minimum Gasteiger partial charge on any atom is -0.388 e. The Kier molecular flexibility index (Phi) is 2.54. The lowest BCUT2D eigenvalue weighted by molar-refractivity contribution is -0.147. The molecule has 4 aliphatic carbocycles. The molecule has 22 heavy (non-hydrogen) atoms. The van der Waals surface area contributed by atoms with Gasteiger partial charge in [-0.25, -0.2) is 0 Å². The summed E-state index contributed by atoms with van der Waals surface area (Å²) in [5, 5.41) is 11.1. The summed E-state index contributed by atoms with van der Waals surface area (Å²) in [4.78, 5) is 4.89. The highest BCUT2D eigenvalue weighted by atomic mass is 16.3. The van der Waals surface area contributed by atoms with Gasteiger partial charge in [0.1, 0.15) is 0 Å². The van der Waals surface area contributed by atoms with Gasteiger partial charge in [-0.1, -0.05) is 19.9 Å². The smallest absolute Gasteiger partial charge is 0.0809 e. The van der Waals surface area contributed by atoms with Gasteiger partial charge in [-0.2, -0.15) is 0 Å². The van der Waals surface area contributed by atoms with E-state index in [4.69, 9.17) is 4.99 Å². The highest BCUT2D eigenvalue weighted by molar-refractivity contribution is 5.69. The van der Waals surface area contributed by atoms with Crippen molar-refractivity contribution in [3.8, 4) is 0 Å². The fourth-order valence-electron chi connectivity index (χ4n) is 7.89.